The summed E-state index contributed by atoms with van der Waals surface area (Å²) in [5.74, 6) is -5.65. The van der Waals surface area contributed by atoms with Crippen LogP contribution in [0.1, 0.15) is 20.8 Å². The highest BCUT2D eigenvalue weighted by atomic mass is 32.2. The number of thioether (sulfide) groups is 1. The Hall–Kier alpha value is -1.88. The van der Waals surface area contributed by atoms with E-state index in [4.69, 9.17) is 4.52 Å². The topological polar surface area (TPSA) is 9.23 Å². The van der Waals surface area contributed by atoms with Gasteiger partial charge in [0.2, 0.25) is 0 Å². The van der Waals surface area contributed by atoms with Crippen LogP contribution in [-0.2, 0) is 4.52 Å². The van der Waals surface area contributed by atoms with Crippen molar-refractivity contribution < 1.29 is 22.1 Å². The normalized spacial score (nSPS) is 13.6. The van der Waals surface area contributed by atoms with E-state index < -0.39 is 47.7 Å². The first-order valence-corrected chi connectivity index (χ1v) is 12.0. The van der Waals surface area contributed by atoms with Gasteiger partial charge in [-0.1, -0.05) is 74.5 Å². The lowest BCUT2D eigenvalue weighted by atomic mass is 10.1. The summed E-state index contributed by atoms with van der Waals surface area (Å²) in [6.45, 7) is 5.59. The lowest BCUT2D eigenvalue weighted by molar-refractivity contribution is 0.228. The smallest absolute Gasteiger partial charge is 0.175 e. The number of rotatable bonds is 8. The van der Waals surface area contributed by atoms with Gasteiger partial charge in [0.15, 0.2) is 23.3 Å². The van der Waals surface area contributed by atoms with E-state index in [2.05, 4.69) is 0 Å². The minimum Gasteiger partial charge on any atom is -0.346 e. The summed E-state index contributed by atoms with van der Waals surface area (Å²) in [7, 11) is -1.20. The van der Waals surface area contributed by atoms with Crippen LogP contribution in [0.15, 0.2) is 71.6 Å². The zero-order valence-corrected chi connectivity index (χ0v) is 19.1. The van der Waals surface area contributed by atoms with Crippen molar-refractivity contribution in [3.8, 4) is 0 Å². The van der Waals surface area contributed by atoms with Crippen LogP contribution in [0.25, 0.3) is 0 Å². The van der Waals surface area contributed by atoms with Gasteiger partial charge in [0.1, 0.15) is 0 Å². The molecule has 3 aromatic carbocycles. The summed E-state index contributed by atoms with van der Waals surface area (Å²) in [6, 6.07) is 19.7. The van der Waals surface area contributed by atoms with Gasteiger partial charge in [-0.15, -0.1) is 11.8 Å². The maximum absolute atomic E-state index is 14.3. The van der Waals surface area contributed by atoms with Crippen molar-refractivity contribution in [1.82, 2.24) is 0 Å². The predicted molar refractivity (Wildman–Crippen MR) is 120 cm³/mol. The molecule has 0 aliphatic rings. The van der Waals surface area contributed by atoms with E-state index in [9.17, 15) is 17.6 Å². The largest absolute Gasteiger partial charge is 0.346 e. The standard InChI is InChI=1S/C24H23F4OPS/c1-15(2)23(31-24-21(27)19(25)14-20(26)22(24)28)16(3)29-30(17-10-6-4-7-11-17)18-12-8-5-9-13-18/h4-16,23H,1-3H3/t16-,23+/m0/s1. The number of halogens is 4. The van der Waals surface area contributed by atoms with Crippen molar-refractivity contribution in [2.24, 2.45) is 5.92 Å². The molecule has 1 nitrogen and oxygen atoms in total. The Bertz CT molecular complexity index is 936. The molecule has 0 unspecified atom stereocenters. The van der Waals surface area contributed by atoms with Crippen LogP contribution in [-0.4, -0.2) is 11.4 Å². The molecule has 0 N–H and O–H groups in total. The molecular formula is C24H23F4OPS. The molecule has 0 fully saturated rings. The van der Waals surface area contributed by atoms with Gasteiger partial charge in [0.25, 0.3) is 0 Å². The Morgan fingerprint density at radius 2 is 1.19 bits per heavy atom. The molecule has 0 saturated carbocycles. The van der Waals surface area contributed by atoms with Crippen LogP contribution in [0, 0.1) is 29.2 Å². The zero-order chi connectivity index (χ0) is 22.5. The lowest BCUT2D eigenvalue weighted by Crippen LogP contribution is -2.30. The molecule has 0 aliphatic carbocycles. The molecule has 0 aromatic heterocycles. The van der Waals surface area contributed by atoms with Crippen molar-refractivity contribution in [1.29, 1.82) is 0 Å². The maximum Gasteiger partial charge on any atom is 0.175 e. The Labute approximate surface area is 185 Å². The van der Waals surface area contributed by atoms with E-state index >= 15 is 0 Å². The summed E-state index contributed by atoms with van der Waals surface area (Å²) in [5.41, 5.74) is 0. The summed E-state index contributed by atoms with van der Waals surface area (Å²) in [6.07, 6.45) is -0.457. The van der Waals surface area contributed by atoms with E-state index in [1.54, 1.807) is 0 Å². The summed E-state index contributed by atoms with van der Waals surface area (Å²) in [4.78, 5) is -0.657. The predicted octanol–water partition coefficient (Wildman–Crippen LogP) is 6.81. The first-order chi connectivity index (χ1) is 14.8. The van der Waals surface area contributed by atoms with Crippen LogP contribution in [0.2, 0.25) is 0 Å². The van der Waals surface area contributed by atoms with E-state index in [0.717, 1.165) is 22.4 Å². The molecule has 31 heavy (non-hydrogen) atoms. The van der Waals surface area contributed by atoms with Gasteiger partial charge >= 0.3 is 0 Å². The average molecular weight is 466 g/mol. The fourth-order valence-electron chi connectivity index (χ4n) is 3.19. The second-order valence-corrected chi connectivity index (χ2v) is 10.4. The molecule has 0 bridgehead atoms. The number of hydrogen-bond acceptors (Lipinski definition) is 2. The van der Waals surface area contributed by atoms with Crippen molar-refractivity contribution in [2.45, 2.75) is 37.0 Å². The van der Waals surface area contributed by atoms with Crippen molar-refractivity contribution in [3.63, 3.8) is 0 Å². The quantitative estimate of drug-likeness (QED) is 0.156. The first-order valence-electron chi connectivity index (χ1n) is 9.86. The van der Waals surface area contributed by atoms with Gasteiger partial charge in [-0.3, -0.25) is 0 Å². The van der Waals surface area contributed by atoms with Crippen molar-refractivity contribution in [3.05, 3.63) is 90.0 Å². The third kappa shape index (κ3) is 5.68. The molecule has 164 valence electrons. The Morgan fingerprint density at radius 3 is 1.61 bits per heavy atom. The second-order valence-electron chi connectivity index (χ2n) is 7.40. The van der Waals surface area contributed by atoms with Crippen LogP contribution >= 0.6 is 19.9 Å². The van der Waals surface area contributed by atoms with Crippen LogP contribution < -0.4 is 10.6 Å². The third-order valence-electron chi connectivity index (χ3n) is 4.70. The highest BCUT2D eigenvalue weighted by molar-refractivity contribution is 8.00. The van der Waals surface area contributed by atoms with Gasteiger partial charge in [-0.25, -0.2) is 17.6 Å². The van der Waals surface area contributed by atoms with Gasteiger partial charge in [-0.05, 0) is 12.8 Å². The molecule has 0 aliphatic heterocycles. The fraction of sp³-hybridized carbons (Fsp3) is 0.250. The Kier molecular flexibility index (Phi) is 8.15. The number of benzene rings is 3. The highest BCUT2D eigenvalue weighted by Crippen LogP contribution is 2.42. The van der Waals surface area contributed by atoms with Gasteiger partial charge in [-0.2, -0.15) is 0 Å². The third-order valence-corrected chi connectivity index (χ3v) is 8.57. The molecule has 7 heteroatoms. The Balaban J connectivity index is 1.92. The van der Waals surface area contributed by atoms with Crippen molar-refractivity contribution >= 4 is 30.5 Å². The monoisotopic (exact) mass is 466 g/mol. The molecule has 3 rings (SSSR count). The van der Waals surface area contributed by atoms with Crippen LogP contribution in [0.3, 0.4) is 0 Å². The van der Waals surface area contributed by atoms with Crippen LogP contribution in [0.5, 0.6) is 0 Å². The van der Waals surface area contributed by atoms with E-state index in [-0.39, 0.29) is 12.0 Å². The molecule has 2 atom stereocenters. The van der Waals surface area contributed by atoms with E-state index in [1.165, 1.54) is 0 Å². The highest BCUT2D eigenvalue weighted by Gasteiger charge is 2.31. The summed E-state index contributed by atoms with van der Waals surface area (Å²) >= 11 is 0.774. The minimum atomic E-state index is -1.41. The lowest BCUT2D eigenvalue weighted by Gasteiger charge is -2.31. The van der Waals surface area contributed by atoms with E-state index in [1.807, 2.05) is 81.4 Å². The molecule has 0 spiro atoms. The average Bonchev–Trinajstić information content (AvgIpc) is 2.77. The first kappa shape index (κ1) is 23.8. The maximum atomic E-state index is 14.3. The van der Waals surface area contributed by atoms with E-state index in [0.29, 0.717) is 0 Å². The van der Waals surface area contributed by atoms with Gasteiger partial charge in [0, 0.05) is 21.9 Å². The second kappa shape index (κ2) is 10.6. The fourth-order valence-corrected chi connectivity index (χ4v) is 6.36. The van der Waals surface area contributed by atoms with Gasteiger partial charge < -0.3 is 4.52 Å². The SMILES string of the molecule is CC(C)[C@@H](Sc1c(F)c(F)cc(F)c1F)[C@H](C)OP(c1ccccc1)c1ccccc1. The van der Waals surface area contributed by atoms with Crippen LogP contribution in [0.4, 0.5) is 17.6 Å². The number of hydrogen-bond donors (Lipinski definition) is 0. The minimum absolute atomic E-state index is 0.0754. The van der Waals surface area contributed by atoms with Gasteiger partial charge in [0.05, 0.1) is 19.1 Å². The Morgan fingerprint density at radius 1 is 0.742 bits per heavy atom. The summed E-state index contributed by atoms with van der Waals surface area (Å²) in [5, 5.41) is 1.55. The molecular weight excluding hydrogens is 443 g/mol. The molecule has 3 aromatic rings. The molecule has 0 amide bonds. The van der Waals surface area contributed by atoms with Crippen molar-refractivity contribution in [2.75, 3.05) is 0 Å². The molecule has 0 radical (unpaired) electrons. The molecule has 0 heterocycles. The zero-order valence-electron chi connectivity index (χ0n) is 17.4. The molecule has 0 saturated heterocycles. The summed E-state index contributed by atoms with van der Waals surface area (Å²) < 4.78 is 62.4.